The molecular weight excluding hydrogens is 703 g/mol. The van der Waals surface area contributed by atoms with E-state index in [2.05, 4.69) is 102 Å². The molecule has 8 aromatic rings. The van der Waals surface area contributed by atoms with Crippen LogP contribution < -0.4 is 0 Å². The first kappa shape index (κ1) is 28.7. The van der Waals surface area contributed by atoms with Crippen LogP contribution >= 0.6 is 0 Å². The molecule has 4 aromatic heterocycles. The number of para-hydroxylation sites is 1. The van der Waals surface area contributed by atoms with Crippen molar-refractivity contribution in [1.29, 1.82) is 0 Å². The molecule has 3 nitrogen and oxygen atoms in total. The van der Waals surface area contributed by atoms with Crippen LogP contribution in [0, 0.1) is 19.1 Å². The van der Waals surface area contributed by atoms with Crippen LogP contribution in [0.5, 0.6) is 0 Å². The van der Waals surface area contributed by atoms with Gasteiger partial charge < -0.3 is 14.4 Å². The summed E-state index contributed by atoms with van der Waals surface area (Å²) < 4.78 is 2.40. The van der Waals surface area contributed by atoms with E-state index >= 15 is 0 Å². The Bertz CT molecular complexity index is 2160. The van der Waals surface area contributed by atoms with E-state index in [1.54, 1.807) is 0 Å². The summed E-state index contributed by atoms with van der Waals surface area (Å²) in [5.41, 5.74) is 10.5. The van der Waals surface area contributed by atoms with Crippen molar-refractivity contribution in [2.75, 3.05) is 0 Å². The van der Waals surface area contributed by atoms with Crippen LogP contribution in [0.3, 0.4) is 0 Å². The van der Waals surface area contributed by atoms with Gasteiger partial charge in [0.25, 0.3) is 0 Å². The summed E-state index contributed by atoms with van der Waals surface area (Å²) in [6.45, 7) is 8.85. The fourth-order valence-electron chi connectivity index (χ4n) is 5.74. The second-order valence-corrected chi connectivity index (χ2v) is 11.9. The van der Waals surface area contributed by atoms with Gasteiger partial charge in [0.1, 0.15) is 0 Å². The van der Waals surface area contributed by atoms with Crippen LogP contribution in [-0.4, -0.2) is 14.4 Å². The van der Waals surface area contributed by atoms with Crippen LogP contribution in [0.4, 0.5) is 0 Å². The van der Waals surface area contributed by atoms with Crippen molar-refractivity contribution in [3.8, 4) is 22.5 Å². The van der Waals surface area contributed by atoms with Crippen molar-refractivity contribution in [2.45, 2.75) is 33.1 Å². The van der Waals surface area contributed by atoms with Gasteiger partial charge in [-0.2, -0.15) is 0 Å². The van der Waals surface area contributed by atoms with Gasteiger partial charge in [-0.15, -0.1) is 59.7 Å². The molecule has 0 N–H and O–H groups in total. The fraction of sp³-hybridized carbons (Fsp3) is 0.128. The standard InChI is InChI=1S/C27H21N2.C12H10N.Ir/c1-27(2,3)18-11-13-25-22(16-18)20-8-6-7-19-21-15-17(23-9-4-5-14-28-23)10-12-24(21)29(25)26(19)20;1-10-7-8-12(13-9-10)11-5-3-2-4-6-11;/h4-9,11-16H,1-3H3;2-5,7-9H,1H3;/q2*-1;. The Morgan fingerprint density at radius 1 is 0.651 bits per heavy atom. The first-order valence-electron chi connectivity index (χ1n) is 14.3. The zero-order chi connectivity index (χ0) is 28.8. The average molecular weight is 734 g/mol. The Morgan fingerprint density at radius 3 is 2.09 bits per heavy atom. The predicted octanol–water partition coefficient (Wildman–Crippen LogP) is 9.85. The Morgan fingerprint density at radius 2 is 1.42 bits per heavy atom. The number of rotatable bonds is 2. The molecule has 43 heavy (non-hydrogen) atoms. The van der Waals surface area contributed by atoms with Gasteiger partial charge in [0.05, 0.1) is 5.52 Å². The molecular formula is C39H31IrN3-2. The van der Waals surface area contributed by atoms with Crippen LogP contribution in [0.15, 0.2) is 116 Å². The molecule has 0 aliphatic rings. The monoisotopic (exact) mass is 734 g/mol. The molecule has 0 aliphatic carbocycles. The van der Waals surface area contributed by atoms with Gasteiger partial charge in [-0.3, -0.25) is 0 Å². The van der Waals surface area contributed by atoms with Crippen LogP contribution in [0.2, 0.25) is 0 Å². The smallest absolute Gasteiger partial charge is 0.0516 e. The summed E-state index contributed by atoms with van der Waals surface area (Å²) in [5, 5.41) is 5.19. The predicted molar refractivity (Wildman–Crippen MR) is 175 cm³/mol. The molecule has 0 saturated heterocycles. The van der Waals surface area contributed by atoms with Gasteiger partial charge in [0.15, 0.2) is 0 Å². The molecule has 4 heterocycles. The van der Waals surface area contributed by atoms with Gasteiger partial charge in [-0.05, 0) is 64.0 Å². The molecule has 0 atom stereocenters. The molecule has 0 fully saturated rings. The first-order chi connectivity index (χ1) is 20.4. The summed E-state index contributed by atoms with van der Waals surface area (Å²) in [6.07, 6.45) is 3.71. The summed E-state index contributed by atoms with van der Waals surface area (Å²) in [4.78, 5) is 8.82. The average Bonchev–Trinajstić information content (AvgIpc) is 3.54. The van der Waals surface area contributed by atoms with Crippen molar-refractivity contribution < 1.29 is 20.1 Å². The quantitative estimate of drug-likeness (QED) is 0.166. The van der Waals surface area contributed by atoms with E-state index < -0.39 is 0 Å². The Hall–Kier alpha value is -4.37. The fourth-order valence-corrected chi connectivity index (χ4v) is 5.74. The van der Waals surface area contributed by atoms with Gasteiger partial charge in [-0.1, -0.05) is 74.7 Å². The van der Waals surface area contributed by atoms with Crippen molar-refractivity contribution in [3.63, 3.8) is 0 Å². The number of hydrogen-bond acceptors (Lipinski definition) is 2. The number of hydrogen-bond donors (Lipinski definition) is 0. The Balaban J connectivity index is 0.000000199. The SMILES string of the molecule is CC(C)(C)c1ccc2c(c1)c1cccc3c4cc(-c5ccccn5)[c-]cc4n2c31.Cc1ccc(-c2[c-]cccc2)nc1.[Ir]. The maximum Gasteiger partial charge on any atom is 0.0516 e. The van der Waals surface area contributed by atoms with E-state index in [4.69, 9.17) is 0 Å². The van der Waals surface area contributed by atoms with E-state index in [9.17, 15) is 0 Å². The van der Waals surface area contributed by atoms with Crippen LogP contribution in [-0.2, 0) is 25.5 Å². The molecule has 0 spiro atoms. The maximum absolute atomic E-state index is 4.50. The molecule has 4 aromatic carbocycles. The second kappa shape index (κ2) is 11.4. The summed E-state index contributed by atoms with van der Waals surface area (Å²) in [6, 6.07) is 42.5. The van der Waals surface area contributed by atoms with Crippen molar-refractivity contribution in [2.24, 2.45) is 0 Å². The van der Waals surface area contributed by atoms with E-state index in [0.717, 1.165) is 22.5 Å². The number of pyridine rings is 2. The number of aryl methyl sites for hydroxylation is 1. The molecule has 0 unspecified atom stereocenters. The largest absolute Gasteiger partial charge is 0.350 e. The first-order valence-corrected chi connectivity index (χ1v) is 14.3. The van der Waals surface area contributed by atoms with Gasteiger partial charge in [-0.25, -0.2) is 0 Å². The number of benzene rings is 4. The molecule has 213 valence electrons. The number of aromatic nitrogens is 3. The minimum absolute atomic E-state index is 0. The van der Waals surface area contributed by atoms with Crippen LogP contribution in [0.1, 0.15) is 31.9 Å². The summed E-state index contributed by atoms with van der Waals surface area (Å²) >= 11 is 0. The molecule has 4 heteroatoms. The topological polar surface area (TPSA) is 30.2 Å². The molecule has 0 amide bonds. The molecule has 1 radical (unpaired) electrons. The third-order valence-electron chi connectivity index (χ3n) is 7.95. The summed E-state index contributed by atoms with van der Waals surface area (Å²) in [5.74, 6) is 0. The van der Waals surface area contributed by atoms with Crippen molar-refractivity contribution in [3.05, 3.63) is 139 Å². The minimum Gasteiger partial charge on any atom is -0.350 e. The molecule has 0 bridgehead atoms. The zero-order valence-electron chi connectivity index (χ0n) is 24.6. The second-order valence-electron chi connectivity index (χ2n) is 11.9. The normalized spacial score (nSPS) is 11.5. The maximum atomic E-state index is 4.50. The molecule has 8 rings (SSSR count). The number of nitrogens with zero attached hydrogens (tertiary/aromatic N) is 3. The van der Waals surface area contributed by atoms with Gasteiger partial charge in [0.2, 0.25) is 0 Å². The third-order valence-corrected chi connectivity index (χ3v) is 7.95. The summed E-state index contributed by atoms with van der Waals surface area (Å²) in [7, 11) is 0. The van der Waals surface area contributed by atoms with E-state index in [1.165, 1.54) is 49.2 Å². The molecule has 0 saturated carbocycles. The third kappa shape index (κ3) is 5.22. The Kier molecular flexibility index (Phi) is 7.60. The van der Waals surface area contributed by atoms with Gasteiger partial charge in [0, 0.05) is 48.8 Å². The van der Waals surface area contributed by atoms with Crippen LogP contribution in [0.25, 0.3) is 60.6 Å². The van der Waals surface area contributed by atoms with E-state index in [1.807, 2.05) is 67.8 Å². The van der Waals surface area contributed by atoms with Crippen molar-refractivity contribution >= 4 is 38.1 Å². The van der Waals surface area contributed by atoms with E-state index in [-0.39, 0.29) is 25.5 Å². The Labute approximate surface area is 265 Å². The number of fused-ring (bicyclic) bond motifs is 6. The van der Waals surface area contributed by atoms with Crippen molar-refractivity contribution in [1.82, 2.24) is 14.4 Å². The zero-order valence-corrected chi connectivity index (χ0v) is 27.0. The minimum atomic E-state index is 0. The van der Waals surface area contributed by atoms with Gasteiger partial charge >= 0.3 is 0 Å². The molecule has 0 aliphatic heterocycles. The van der Waals surface area contributed by atoms with E-state index in [0.29, 0.717) is 0 Å².